The van der Waals surface area contributed by atoms with Crippen LogP contribution in [-0.2, 0) is 24.0 Å². The average molecular weight is 617 g/mol. The summed E-state index contributed by atoms with van der Waals surface area (Å²) in [4.78, 5) is 25.5. The first kappa shape index (κ1) is 32.1. The molecule has 0 aliphatic carbocycles. The summed E-state index contributed by atoms with van der Waals surface area (Å²) in [6.45, 7) is 0.949. The fraction of sp³-hybridized carbons (Fsp3) is 0.314. The predicted molar refractivity (Wildman–Crippen MR) is 165 cm³/mol. The molecule has 236 valence electrons. The number of ether oxygens (including phenoxy) is 2. The van der Waals surface area contributed by atoms with Gasteiger partial charge in [-0.05, 0) is 66.0 Å². The van der Waals surface area contributed by atoms with Crippen molar-refractivity contribution in [1.29, 1.82) is 0 Å². The predicted octanol–water partition coefficient (Wildman–Crippen LogP) is 3.33. The molecule has 5 atom stereocenters. The van der Waals surface area contributed by atoms with E-state index in [4.69, 9.17) is 9.47 Å². The molecule has 4 aromatic carbocycles. The Morgan fingerprint density at radius 2 is 1.51 bits per heavy atom. The summed E-state index contributed by atoms with van der Waals surface area (Å²) in [6, 6.07) is 22.1. The minimum absolute atomic E-state index is 0.00849. The number of aliphatic hydroxyl groups is 4. The van der Waals surface area contributed by atoms with Gasteiger partial charge in [0.2, 0.25) is 6.29 Å². The highest BCUT2D eigenvalue weighted by Crippen LogP contribution is 2.41. The van der Waals surface area contributed by atoms with Crippen LogP contribution in [-0.4, -0.2) is 79.7 Å². The zero-order valence-electron chi connectivity index (χ0n) is 24.7. The van der Waals surface area contributed by atoms with E-state index < -0.39 is 49.0 Å². The molecular formula is C35H36O10. The number of carbonyl (C=O) groups excluding carboxylic acids is 1. The Morgan fingerprint density at radius 1 is 0.844 bits per heavy atom. The van der Waals surface area contributed by atoms with E-state index >= 15 is 0 Å². The van der Waals surface area contributed by atoms with Gasteiger partial charge >= 0.3 is 5.97 Å². The molecule has 10 heteroatoms. The van der Waals surface area contributed by atoms with Gasteiger partial charge in [-0.2, -0.15) is 0 Å². The van der Waals surface area contributed by atoms with E-state index in [2.05, 4.69) is 12.1 Å². The number of hydrogen-bond acceptors (Lipinski definition) is 9. The number of hydrogen-bond donors (Lipinski definition) is 6. The summed E-state index contributed by atoms with van der Waals surface area (Å²) in [7, 11) is 0. The van der Waals surface area contributed by atoms with E-state index in [1.165, 1.54) is 11.6 Å². The Hall–Kier alpha value is -4.32. The smallest absolute Gasteiger partial charge is 0.335 e. The molecule has 5 unspecified atom stereocenters. The van der Waals surface area contributed by atoms with Gasteiger partial charge in [0.1, 0.15) is 35.9 Å². The number of ketones is 1. The van der Waals surface area contributed by atoms with Crippen molar-refractivity contribution in [2.45, 2.75) is 63.3 Å². The number of aliphatic hydroxyl groups excluding tert-OH is 4. The lowest BCUT2D eigenvalue weighted by molar-refractivity contribution is -0.277. The van der Waals surface area contributed by atoms with Gasteiger partial charge in [0.25, 0.3) is 0 Å². The summed E-state index contributed by atoms with van der Waals surface area (Å²) in [5.74, 6) is -2.28. The average Bonchev–Trinajstić information content (AvgIpc) is 3.03. The van der Waals surface area contributed by atoms with Crippen LogP contribution in [0.15, 0.2) is 72.8 Å². The number of carboxylic acid groups (broad SMARTS) is 1. The van der Waals surface area contributed by atoms with E-state index in [1.54, 1.807) is 13.0 Å². The van der Waals surface area contributed by atoms with Crippen LogP contribution in [0.1, 0.15) is 49.4 Å². The van der Waals surface area contributed by atoms with Crippen molar-refractivity contribution in [3.05, 3.63) is 106 Å². The first-order chi connectivity index (χ1) is 21.6. The highest BCUT2D eigenvalue weighted by Gasteiger charge is 2.45. The van der Waals surface area contributed by atoms with Gasteiger partial charge in [0.05, 0.1) is 23.1 Å². The van der Waals surface area contributed by atoms with Crippen LogP contribution in [0.3, 0.4) is 0 Å². The lowest BCUT2D eigenvalue weighted by Gasteiger charge is -2.39. The Bertz CT molecular complexity index is 1680. The number of Topliss-reactive ketones (excluding diaryl/α,β-unsaturated/α-hetero) is 1. The molecule has 0 spiro atoms. The molecule has 0 saturated carbocycles. The second-order valence-electron chi connectivity index (χ2n) is 11.3. The molecule has 1 aliphatic rings. The standard InChI is InChI=1S/C35H36O10/c1-19-15-23-16-24(34(42)43)17-26(44-35-33(41)32(40)30(38)27(18-36)45-35)29(23)31(39)28(19)25(37)14-13-22-10-6-5-9-21(22)12-11-20-7-3-2-4-8-20/h2-10,15-17,27,30,32-33,35-36,38-41H,11-14,18H2,1H3,(H,42,43). The number of aryl methyl sites for hydroxylation is 4. The minimum Gasteiger partial charge on any atom is -0.506 e. The molecule has 4 aromatic rings. The van der Waals surface area contributed by atoms with Gasteiger partial charge in [-0.3, -0.25) is 4.79 Å². The fourth-order valence-corrected chi connectivity index (χ4v) is 5.82. The highest BCUT2D eigenvalue weighted by atomic mass is 16.7. The van der Waals surface area contributed by atoms with Gasteiger partial charge in [-0.25, -0.2) is 4.79 Å². The molecule has 1 aliphatic heterocycles. The molecule has 0 radical (unpaired) electrons. The van der Waals surface area contributed by atoms with E-state index in [9.17, 15) is 40.2 Å². The Balaban J connectivity index is 1.44. The molecule has 0 bridgehead atoms. The Kier molecular flexibility index (Phi) is 9.81. The third-order valence-electron chi connectivity index (χ3n) is 8.26. The van der Waals surface area contributed by atoms with Crippen molar-refractivity contribution in [2.75, 3.05) is 6.61 Å². The molecular weight excluding hydrogens is 580 g/mol. The van der Waals surface area contributed by atoms with Crippen LogP contribution >= 0.6 is 0 Å². The van der Waals surface area contributed by atoms with E-state index in [0.717, 1.165) is 30.0 Å². The second-order valence-corrected chi connectivity index (χ2v) is 11.3. The summed E-state index contributed by atoms with van der Waals surface area (Å²) in [5, 5.41) is 61.9. The van der Waals surface area contributed by atoms with Gasteiger partial charge in [-0.15, -0.1) is 0 Å². The van der Waals surface area contributed by atoms with Gasteiger partial charge in [0.15, 0.2) is 5.78 Å². The molecule has 0 amide bonds. The number of fused-ring (bicyclic) bond motifs is 1. The van der Waals surface area contributed by atoms with Crippen molar-refractivity contribution in [3.63, 3.8) is 0 Å². The van der Waals surface area contributed by atoms with Crippen LogP contribution in [0.5, 0.6) is 11.5 Å². The number of aromatic hydroxyl groups is 1. The second kappa shape index (κ2) is 13.8. The van der Waals surface area contributed by atoms with Gasteiger partial charge in [0, 0.05) is 6.42 Å². The number of phenolic OH excluding ortho intramolecular Hbond substituents is 1. The minimum atomic E-state index is -1.78. The first-order valence-corrected chi connectivity index (χ1v) is 14.7. The normalized spacial score (nSPS) is 21.5. The topological polar surface area (TPSA) is 174 Å². The quantitative estimate of drug-likeness (QED) is 0.137. The van der Waals surface area contributed by atoms with E-state index in [0.29, 0.717) is 12.0 Å². The van der Waals surface area contributed by atoms with Crippen LogP contribution in [0.25, 0.3) is 10.8 Å². The summed E-state index contributed by atoms with van der Waals surface area (Å²) >= 11 is 0. The third-order valence-corrected chi connectivity index (χ3v) is 8.26. The van der Waals surface area contributed by atoms with Crippen LogP contribution < -0.4 is 4.74 Å². The largest absolute Gasteiger partial charge is 0.506 e. The van der Waals surface area contributed by atoms with Crippen molar-refractivity contribution in [2.24, 2.45) is 0 Å². The lowest BCUT2D eigenvalue weighted by atomic mass is 9.91. The maximum Gasteiger partial charge on any atom is 0.335 e. The monoisotopic (exact) mass is 616 g/mol. The van der Waals surface area contributed by atoms with Gasteiger partial charge < -0.3 is 40.1 Å². The van der Waals surface area contributed by atoms with Crippen molar-refractivity contribution in [1.82, 2.24) is 0 Å². The lowest BCUT2D eigenvalue weighted by Crippen LogP contribution is -2.60. The molecule has 5 rings (SSSR count). The summed E-state index contributed by atoms with van der Waals surface area (Å²) in [6.07, 6.45) is -5.86. The molecule has 1 fully saturated rings. The Labute approximate surface area is 259 Å². The number of carboxylic acids is 1. The first-order valence-electron chi connectivity index (χ1n) is 14.7. The maximum atomic E-state index is 13.6. The van der Waals surface area contributed by atoms with Crippen LogP contribution in [0.4, 0.5) is 0 Å². The van der Waals surface area contributed by atoms with Crippen molar-refractivity contribution >= 4 is 22.5 Å². The van der Waals surface area contributed by atoms with E-state index in [-0.39, 0.29) is 39.9 Å². The SMILES string of the molecule is Cc1cc2cc(C(=O)O)cc(OC3OC(CO)C(O)C(O)C3O)c2c(O)c1C(=O)CCc1ccccc1CCc1ccccc1. The molecule has 1 heterocycles. The third kappa shape index (κ3) is 6.85. The fourth-order valence-electron chi connectivity index (χ4n) is 5.82. The zero-order chi connectivity index (χ0) is 32.2. The van der Waals surface area contributed by atoms with Crippen LogP contribution in [0.2, 0.25) is 0 Å². The summed E-state index contributed by atoms with van der Waals surface area (Å²) in [5.41, 5.74) is 3.65. The highest BCUT2D eigenvalue weighted by molar-refractivity contribution is 6.09. The molecule has 10 nitrogen and oxygen atoms in total. The number of aromatic carboxylic acids is 1. The molecule has 0 aromatic heterocycles. The van der Waals surface area contributed by atoms with Crippen molar-refractivity contribution in [3.8, 4) is 11.5 Å². The van der Waals surface area contributed by atoms with Crippen LogP contribution in [0, 0.1) is 6.92 Å². The number of carbonyl (C=O) groups is 2. The number of rotatable bonds is 11. The van der Waals surface area contributed by atoms with Crippen molar-refractivity contribution < 1.29 is 49.7 Å². The molecule has 45 heavy (non-hydrogen) atoms. The number of benzene rings is 4. The maximum absolute atomic E-state index is 13.6. The van der Waals surface area contributed by atoms with Gasteiger partial charge in [-0.1, -0.05) is 60.7 Å². The zero-order valence-corrected chi connectivity index (χ0v) is 24.7. The molecule has 6 N–H and O–H groups in total. The Morgan fingerprint density at radius 3 is 2.18 bits per heavy atom. The number of phenols is 1. The molecule has 1 saturated heterocycles. The summed E-state index contributed by atoms with van der Waals surface area (Å²) < 4.78 is 11.2. The van der Waals surface area contributed by atoms with E-state index in [1.807, 2.05) is 42.5 Å².